The fourth-order valence-electron chi connectivity index (χ4n) is 1.43. The van der Waals surface area contributed by atoms with Crippen molar-refractivity contribution in [1.82, 2.24) is 0 Å². The molecule has 1 aromatic rings. The van der Waals surface area contributed by atoms with Gasteiger partial charge in [-0.05, 0) is 17.7 Å². The molecule has 0 spiro atoms. The molecule has 0 bridgehead atoms. The van der Waals surface area contributed by atoms with Crippen molar-refractivity contribution >= 4 is 18.6 Å². The number of hydrogen-bond donors (Lipinski definition) is 3. The van der Waals surface area contributed by atoms with Gasteiger partial charge in [0.15, 0.2) is 11.5 Å². The van der Waals surface area contributed by atoms with Crippen molar-refractivity contribution in [1.29, 1.82) is 0 Å². The van der Waals surface area contributed by atoms with Crippen molar-refractivity contribution in [3.05, 3.63) is 23.8 Å². The van der Waals surface area contributed by atoms with Crippen LogP contribution < -0.4 is 9.47 Å². The van der Waals surface area contributed by atoms with Gasteiger partial charge in [0.1, 0.15) is 6.10 Å². The van der Waals surface area contributed by atoms with Crippen molar-refractivity contribution in [3.8, 4) is 11.5 Å². The van der Waals surface area contributed by atoms with Gasteiger partial charge in [-0.3, -0.25) is 4.79 Å². The standard InChI is InChI=1S/C12H16O5S/c1-7(13)17-10-4-3-8(5-11(10)16-2)12(15)9(14)6-18/h3-5,9,12,14-15,18H,6H2,1-2H3. The summed E-state index contributed by atoms with van der Waals surface area (Å²) in [6, 6.07) is 4.57. The lowest BCUT2D eigenvalue weighted by molar-refractivity contribution is -0.132. The minimum atomic E-state index is -1.07. The number of ether oxygens (including phenoxy) is 2. The first-order valence-electron chi connectivity index (χ1n) is 5.33. The first kappa shape index (κ1) is 14.8. The molecule has 2 unspecified atom stereocenters. The Balaban J connectivity index is 3.01. The molecule has 5 nitrogen and oxygen atoms in total. The quantitative estimate of drug-likeness (QED) is 0.422. The average Bonchev–Trinajstić information content (AvgIpc) is 2.36. The summed E-state index contributed by atoms with van der Waals surface area (Å²) in [7, 11) is 1.42. The highest BCUT2D eigenvalue weighted by molar-refractivity contribution is 7.80. The summed E-state index contributed by atoms with van der Waals surface area (Å²) in [5.74, 6) is 0.251. The smallest absolute Gasteiger partial charge is 0.308 e. The number of aliphatic hydroxyl groups excluding tert-OH is 2. The molecular formula is C12H16O5S. The van der Waals surface area contributed by atoms with Crippen LogP contribution in [0.15, 0.2) is 18.2 Å². The molecule has 100 valence electrons. The van der Waals surface area contributed by atoms with Gasteiger partial charge in [-0.2, -0.15) is 12.6 Å². The fraction of sp³-hybridized carbons (Fsp3) is 0.417. The van der Waals surface area contributed by atoms with Crippen LogP contribution in [-0.4, -0.2) is 35.1 Å². The second-order valence-corrected chi connectivity index (χ2v) is 4.06. The molecule has 0 aliphatic heterocycles. The Bertz CT molecular complexity index is 421. The van der Waals surface area contributed by atoms with Crippen LogP contribution in [0.1, 0.15) is 18.6 Å². The van der Waals surface area contributed by atoms with Crippen molar-refractivity contribution in [2.24, 2.45) is 0 Å². The van der Waals surface area contributed by atoms with E-state index in [0.717, 1.165) is 0 Å². The van der Waals surface area contributed by atoms with Crippen molar-refractivity contribution in [2.45, 2.75) is 19.1 Å². The number of thiol groups is 1. The molecule has 0 radical (unpaired) electrons. The molecule has 2 atom stereocenters. The third kappa shape index (κ3) is 3.63. The number of esters is 1. The number of hydrogen-bond acceptors (Lipinski definition) is 6. The van der Waals surface area contributed by atoms with Crippen LogP contribution in [0.4, 0.5) is 0 Å². The molecule has 0 saturated carbocycles. The Morgan fingerprint density at radius 2 is 2.06 bits per heavy atom. The molecule has 0 heterocycles. The molecule has 1 rings (SSSR count). The third-order valence-corrected chi connectivity index (χ3v) is 2.71. The summed E-state index contributed by atoms with van der Waals surface area (Å²) < 4.78 is 10.00. The van der Waals surface area contributed by atoms with E-state index in [1.807, 2.05) is 0 Å². The van der Waals surface area contributed by atoms with Crippen LogP contribution in [0.3, 0.4) is 0 Å². The molecule has 2 N–H and O–H groups in total. The Morgan fingerprint density at radius 3 is 2.56 bits per heavy atom. The van der Waals surface area contributed by atoms with Gasteiger partial charge in [0.25, 0.3) is 0 Å². The normalized spacial score (nSPS) is 13.8. The maximum atomic E-state index is 10.9. The van der Waals surface area contributed by atoms with E-state index in [-0.39, 0.29) is 11.5 Å². The predicted molar refractivity (Wildman–Crippen MR) is 69.1 cm³/mol. The average molecular weight is 272 g/mol. The maximum absolute atomic E-state index is 10.9. The van der Waals surface area contributed by atoms with Crippen molar-refractivity contribution in [2.75, 3.05) is 12.9 Å². The maximum Gasteiger partial charge on any atom is 0.308 e. The van der Waals surface area contributed by atoms with Crippen molar-refractivity contribution in [3.63, 3.8) is 0 Å². The van der Waals surface area contributed by atoms with Crippen LogP contribution in [-0.2, 0) is 4.79 Å². The predicted octanol–water partition coefficient (Wildman–Crippen LogP) is 0.945. The number of rotatable bonds is 5. The van der Waals surface area contributed by atoms with Gasteiger partial charge in [0.2, 0.25) is 0 Å². The zero-order valence-electron chi connectivity index (χ0n) is 10.2. The lowest BCUT2D eigenvalue weighted by atomic mass is 10.0. The van der Waals surface area contributed by atoms with Crippen LogP contribution in [0.2, 0.25) is 0 Å². The highest BCUT2D eigenvalue weighted by atomic mass is 32.1. The second kappa shape index (κ2) is 6.63. The van der Waals surface area contributed by atoms with Crippen LogP contribution in [0, 0.1) is 0 Å². The van der Waals surface area contributed by atoms with Gasteiger partial charge in [0, 0.05) is 12.7 Å². The topological polar surface area (TPSA) is 76.0 Å². The number of carbonyl (C=O) groups excluding carboxylic acids is 1. The molecule has 0 fully saturated rings. The lowest BCUT2D eigenvalue weighted by Crippen LogP contribution is -2.19. The van der Waals surface area contributed by atoms with E-state index in [0.29, 0.717) is 11.3 Å². The number of carbonyl (C=O) groups is 1. The molecule has 1 aromatic carbocycles. The van der Waals surface area contributed by atoms with Gasteiger partial charge in [0.05, 0.1) is 13.2 Å². The summed E-state index contributed by atoms with van der Waals surface area (Å²) in [4.78, 5) is 10.9. The van der Waals surface area contributed by atoms with E-state index in [9.17, 15) is 15.0 Å². The zero-order chi connectivity index (χ0) is 13.7. The largest absolute Gasteiger partial charge is 0.493 e. The van der Waals surface area contributed by atoms with E-state index >= 15 is 0 Å². The van der Waals surface area contributed by atoms with Crippen LogP contribution in [0.5, 0.6) is 11.5 Å². The number of methoxy groups -OCH3 is 1. The van der Waals surface area contributed by atoms with E-state index < -0.39 is 18.2 Å². The molecule has 0 amide bonds. The Morgan fingerprint density at radius 1 is 1.39 bits per heavy atom. The molecule has 0 aliphatic carbocycles. The van der Waals surface area contributed by atoms with Crippen LogP contribution >= 0.6 is 12.6 Å². The first-order valence-corrected chi connectivity index (χ1v) is 5.96. The lowest BCUT2D eigenvalue weighted by Gasteiger charge is -2.17. The highest BCUT2D eigenvalue weighted by Gasteiger charge is 2.19. The van der Waals surface area contributed by atoms with Gasteiger partial charge in [-0.1, -0.05) is 6.07 Å². The van der Waals surface area contributed by atoms with Gasteiger partial charge in [-0.15, -0.1) is 0 Å². The highest BCUT2D eigenvalue weighted by Crippen LogP contribution is 2.31. The monoisotopic (exact) mass is 272 g/mol. The van der Waals surface area contributed by atoms with Gasteiger partial charge in [-0.25, -0.2) is 0 Å². The molecule has 0 aromatic heterocycles. The Kier molecular flexibility index (Phi) is 5.46. The number of benzene rings is 1. The summed E-state index contributed by atoms with van der Waals surface area (Å²) in [5.41, 5.74) is 0.462. The second-order valence-electron chi connectivity index (χ2n) is 3.70. The molecule has 18 heavy (non-hydrogen) atoms. The fourth-order valence-corrected chi connectivity index (χ4v) is 1.63. The summed E-state index contributed by atoms with van der Waals surface area (Å²) in [5, 5.41) is 19.3. The summed E-state index contributed by atoms with van der Waals surface area (Å²) >= 11 is 3.91. The van der Waals surface area contributed by atoms with Gasteiger partial charge >= 0.3 is 5.97 Å². The zero-order valence-corrected chi connectivity index (χ0v) is 11.1. The first-order chi connectivity index (χ1) is 8.49. The summed E-state index contributed by atoms with van der Waals surface area (Å²) in [6.07, 6.45) is -2.04. The SMILES string of the molecule is COc1cc(C(O)C(O)CS)ccc1OC(C)=O. The minimum absolute atomic E-state index is 0.134. The van der Waals surface area contributed by atoms with Crippen LogP contribution in [0.25, 0.3) is 0 Å². The molecule has 6 heteroatoms. The Labute approximate surface area is 111 Å². The molecule has 0 aliphatic rings. The number of aliphatic hydroxyl groups is 2. The van der Waals surface area contributed by atoms with Crippen molar-refractivity contribution < 1.29 is 24.5 Å². The minimum Gasteiger partial charge on any atom is -0.493 e. The van der Waals surface area contributed by atoms with E-state index in [1.165, 1.54) is 26.2 Å². The molecular weight excluding hydrogens is 256 g/mol. The van der Waals surface area contributed by atoms with E-state index in [1.54, 1.807) is 6.07 Å². The molecule has 0 saturated heterocycles. The third-order valence-electron chi connectivity index (χ3n) is 2.33. The van der Waals surface area contributed by atoms with Gasteiger partial charge < -0.3 is 19.7 Å². The Hall–Kier alpha value is -1.24. The van der Waals surface area contributed by atoms with E-state index in [2.05, 4.69) is 12.6 Å². The summed E-state index contributed by atoms with van der Waals surface area (Å²) in [6.45, 7) is 1.28. The van der Waals surface area contributed by atoms with E-state index in [4.69, 9.17) is 9.47 Å².